The van der Waals surface area contributed by atoms with Gasteiger partial charge in [-0.25, -0.2) is 0 Å². The number of nitrogens with zero attached hydrogens (tertiary/aromatic N) is 1. The Bertz CT molecular complexity index is 279. The summed E-state index contributed by atoms with van der Waals surface area (Å²) in [4.78, 5) is 25.4. The predicted octanol–water partition coefficient (Wildman–Crippen LogP) is 1.20. The van der Waals surface area contributed by atoms with Gasteiger partial charge in [-0.05, 0) is 19.9 Å². The second kappa shape index (κ2) is 6.74. The smallest absolute Gasteiger partial charge is 0.223 e. The number of ketones is 1. The van der Waals surface area contributed by atoms with E-state index < -0.39 is 0 Å². The quantitative estimate of drug-likeness (QED) is 0.751. The van der Waals surface area contributed by atoms with Crippen LogP contribution in [0, 0.1) is 5.92 Å². The molecule has 4 nitrogen and oxygen atoms in total. The molecule has 0 aromatic rings. The third-order valence-corrected chi connectivity index (χ3v) is 3.56. The van der Waals surface area contributed by atoms with E-state index in [1.165, 1.54) is 0 Å². The number of likely N-dealkylation sites (N-methyl/N-ethyl adjacent to an activating group) is 1. The van der Waals surface area contributed by atoms with Crippen molar-refractivity contribution in [1.82, 2.24) is 10.2 Å². The van der Waals surface area contributed by atoms with Crippen molar-refractivity contribution in [2.24, 2.45) is 5.92 Å². The van der Waals surface area contributed by atoms with Crippen LogP contribution in [-0.4, -0.2) is 43.3 Å². The number of Topliss-reactive ketones (excluding diaryl/α,β-unsaturated/α-hetero) is 1. The molecule has 1 fully saturated rings. The van der Waals surface area contributed by atoms with E-state index in [-0.39, 0.29) is 17.9 Å². The molecule has 0 heterocycles. The Morgan fingerprint density at radius 3 is 2.82 bits per heavy atom. The van der Waals surface area contributed by atoms with Crippen molar-refractivity contribution < 1.29 is 9.59 Å². The van der Waals surface area contributed by atoms with E-state index >= 15 is 0 Å². The lowest BCUT2D eigenvalue weighted by Crippen LogP contribution is -2.43. The van der Waals surface area contributed by atoms with Gasteiger partial charge < -0.3 is 5.32 Å². The summed E-state index contributed by atoms with van der Waals surface area (Å²) in [5.74, 6) is 0.313. The maximum atomic E-state index is 11.9. The summed E-state index contributed by atoms with van der Waals surface area (Å²) in [5, 5.41) is 2.65. The van der Waals surface area contributed by atoms with Crippen molar-refractivity contribution >= 4 is 11.7 Å². The number of carbonyl (C=O) groups is 2. The van der Waals surface area contributed by atoms with Crippen molar-refractivity contribution in [3.05, 3.63) is 0 Å². The van der Waals surface area contributed by atoms with Gasteiger partial charge in [0.1, 0.15) is 5.78 Å². The van der Waals surface area contributed by atoms with Crippen molar-refractivity contribution in [2.45, 2.75) is 45.1 Å². The molecular weight excluding hydrogens is 216 g/mol. The van der Waals surface area contributed by atoms with Crippen LogP contribution >= 0.6 is 0 Å². The second-order valence-electron chi connectivity index (χ2n) is 5.04. The van der Waals surface area contributed by atoms with Crippen LogP contribution in [0.4, 0.5) is 0 Å². The molecule has 0 saturated heterocycles. The van der Waals surface area contributed by atoms with Gasteiger partial charge in [0.25, 0.3) is 0 Å². The Labute approximate surface area is 104 Å². The third-order valence-electron chi connectivity index (χ3n) is 3.56. The van der Waals surface area contributed by atoms with Crippen LogP contribution in [-0.2, 0) is 9.59 Å². The van der Waals surface area contributed by atoms with E-state index in [0.29, 0.717) is 18.7 Å². The molecule has 1 amide bonds. The summed E-state index contributed by atoms with van der Waals surface area (Å²) < 4.78 is 0. The fourth-order valence-electron chi connectivity index (χ4n) is 2.50. The average Bonchev–Trinajstić information content (AvgIpc) is 2.52. The number of rotatable bonds is 4. The van der Waals surface area contributed by atoms with Crippen molar-refractivity contribution in [2.75, 3.05) is 20.6 Å². The van der Waals surface area contributed by atoms with Crippen LogP contribution in [0.3, 0.4) is 0 Å². The van der Waals surface area contributed by atoms with Gasteiger partial charge in [-0.2, -0.15) is 0 Å². The zero-order valence-corrected chi connectivity index (χ0v) is 11.2. The van der Waals surface area contributed by atoms with E-state index in [2.05, 4.69) is 5.32 Å². The molecule has 0 aliphatic heterocycles. The molecule has 0 radical (unpaired) electrons. The van der Waals surface area contributed by atoms with E-state index in [0.717, 1.165) is 25.7 Å². The summed E-state index contributed by atoms with van der Waals surface area (Å²) in [6, 6.07) is 0.0182. The van der Waals surface area contributed by atoms with E-state index in [9.17, 15) is 9.59 Å². The molecule has 0 aromatic heterocycles. The first-order valence-electron chi connectivity index (χ1n) is 6.50. The van der Waals surface area contributed by atoms with Gasteiger partial charge in [0.15, 0.2) is 0 Å². The molecule has 0 bridgehead atoms. The molecule has 4 heteroatoms. The fourth-order valence-corrected chi connectivity index (χ4v) is 2.50. The van der Waals surface area contributed by atoms with Crippen LogP contribution in [0.5, 0.6) is 0 Å². The first-order valence-corrected chi connectivity index (χ1v) is 6.50. The van der Waals surface area contributed by atoms with Gasteiger partial charge in [-0.15, -0.1) is 0 Å². The van der Waals surface area contributed by atoms with Crippen molar-refractivity contribution in [3.63, 3.8) is 0 Å². The van der Waals surface area contributed by atoms with E-state index in [1.807, 2.05) is 18.9 Å². The molecule has 98 valence electrons. The molecule has 17 heavy (non-hydrogen) atoms. The predicted molar refractivity (Wildman–Crippen MR) is 67.7 cm³/mol. The molecule has 1 rings (SSSR count). The standard InChI is InChI=1S/C13H24N2O2/c1-10(13(17)14-2)9-15(3)11-7-5-4-6-8-12(11)16/h10-11H,4-9H2,1-3H3,(H,14,17). The first kappa shape index (κ1) is 14.2. The van der Waals surface area contributed by atoms with Crippen molar-refractivity contribution in [1.29, 1.82) is 0 Å². The van der Waals surface area contributed by atoms with Crippen molar-refractivity contribution in [3.8, 4) is 0 Å². The molecule has 1 aliphatic carbocycles. The van der Waals surface area contributed by atoms with Gasteiger partial charge in [-0.1, -0.05) is 19.8 Å². The van der Waals surface area contributed by atoms with Crippen LogP contribution in [0.15, 0.2) is 0 Å². The lowest BCUT2D eigenvalue weighted by Gasteiger charge is -2.27. The molecule has 1 aliphatic rings. The van der Waals surface area contributed by atoms with Gasteiger partial charge in [-0.3, -0.25) is 14.5 Å². The third kappa shape index (κ3) is 4.11. The molecule has 2 unspecified atom stereocenters. The SMILES string of the molecule is CNC(=O)C(C)CN(C)C1CCCCCC1=O. The molecule has 2 atom stereocenters. The Hall–Kier alpha value is -0.900. The highest BCUT2D eigenvalue weighted by Crippen LogP contribution is 2.19. The minimum absolute atomic E-state index is 0.0182. The number of hydrogen-bond donors (Lipinski definition) is 1. The normalized spacial score (nSPS) is 23.3. The van der Waals surface area contributed by atoms with E-state index in [1.54, 1.807) is 7.05 Å². The first-order chi connectivity index (χ1) is 8.06. The van der Waals surface area contributed by atoms with Crippen LogP contribution in [0.1, 0.15) is 39.0 Å². The molecular formula is C13H24N2O2. The van der Waals surface area contributed by atoms with E-state index in [4.69, 9.17) is 0 Å². The van der Waals surface area contributed by atoms with Crippen LogP contribution in [0.2, 0.25) is 0 Å². The summed E-state index contributed by atoms with van der Waals surface area (Å²) in [7, 11) is 3.60. The summed E-state index contributed by atoms with van der Waals surface area (Å²) in [5.41, 5.74) is 0. The van der Waals surface area contributed by atoms with Crippen LogP contribution < -0.4 is 5.32 Å². The zero-order chi connectivity index (χ0) is 12.8. The second-order valence-corrected chi connectivity index (χ2v) is 5.04. The molecule has 0 spiro atoms. The molecule has 1 saturated carbocycles. The number of nitrogens with one attached hydrogen (secondary N) is 1. The van der Waals surface area contributed by atoms with Gasteiger partial charge in [0, 0.05) is 25.9 Å². The lowest BCUT2D eigenvalue weighted by molar-refractivity contribution is -0.127. The van der Waals surface area contributed by atoms with Gasteiger partial charge in [0.05, 0.1) is 6.04 Å². The Kier molecular flexibility index (Phi) is 5.62. The Morgan fingerprint density at radius 1 is 1.47 bits per heavy atom. The molecule has 0 aromatic carbocycles. The number of amides is 1. The Balaban J connectivity index is 2.52. The minimum Gasteiger partial charge on any atom is -0.359 e. The minimum atomic E-state index is -0.0685. The Morgan fingerprint density at radius 2 is 2.18 bits per heavy atom. The largest absolute Gasteiger partial charge is 0.359 e. The topological polar surface area (TPSA) is 49.4 Å². The summed E-state index contributed by atoms with van der Waals surface area (Å²) in [6.45, 7) is 2.55. The highest BCUT2D eigenvalue weighted by molar-refractivity contribution is 5.84. The number of hydrogen-bond acceptors (Lipinski definition) is 3. The maximum Gasteiger partial charge on any atom is 0.223 e. The highest BCUT2D eigenvalue weighted by atomic mass is 16.2. The van der Waals surface area contributed by atoms with Crippen LogP contribution in [0.25, 0.3) is 0 Å². The highest BCUT2D eigenvalue weighted by Gasteiger charge is 2.26. The maximum absolute atomic E-state index is 11.9. The fraction of sp³-hybridized carbons (Fsp3) is 0.846. The summed E-state index contributed by atoms with van der Waals surface area (Å²) in [6.07, 6.45) is 4.93. The summed E-state index contributed by atoms with van der Waals surface area (Å²) >= 11 is 0. The molecule has 1 N–H and O–H groups in total. The zero-order valence-electron chi connectivity index (χ0n) is 11.2. The lowest BCUT2D eigenvalue weighted by atomic mass is 10.0. The number of carbonyl (C=O) groups excluding carboxylic acids is 2. The monoisotopic (exact) mass is 240 g/mol. The van der Waals surface area contributed by atoms with Gasteiger partial charge in [0.2, 0.25) is 5.91 Å². The van der Waals surface area contributed by atoms with Gasteiger partial charge >= 0.3 is 0 Å². The average molecular weight is 240 g/mol.